The Morgan fingerprint density at radius 2 is 2.04 bits per heavy atom. The van der Waals surface area contributed by atoms with Gasteiger partial charge < -0.3 is 20.1 Å². The summed E-state index contributed by atoms with van der Waals surface area (Å²) in [6.45, 7) is 1.67. The maximum absolute atomic E-state index is 12.5. The third kappa shape index (κ3) is 4.18. The largest absolute Gasteiger partial charge is 0.384 e. The van der Waals surface area contributed by atoms with Gasteiger partial charge in [-0.05, 0) is 54.5 Å². The molecule has 2 aliphatic heterocycles. The van der Waals surface area contributed by atoms with E-state index in [-0.39, 0.29) is 17.7 Å². The molecule has 27 heavy (non-hydrogen) atoms. The summed E-state index contributed by atoms with van der Waals surface area (Å²) in [5.41, 5.74) is 0.938. The van der Waals surface area contributed by atoms with Crippen molar-refractivity contribution in [1.82, 2.24) is 15.2 Å². The summed E-state index contributed by atoms with van der Waals surface area (Å²) in [4.78, 5) is 19.4. The van der Waals surface area contributed by atoms with E-state index in [4.69, 9.17) is 4.74 Å². The maximum atomic E-state index is 12.5. The molecule has 150 valence electrons. The van der Waals surface area contributed by atoms with E-state index in [1.165, 1.54) is 43.4 Å². The van der Waals surface area contributed by atoms with Gasteiger partial charge in [0.15, 0.2) is 0 Å². The van der Waals surface area contributed by atoms with Crippen LogP contribution in [0.5, 0.6) is 0 Å². The number of aliphatic hydroxyl groups is 1. The number of amides is 2. The Bertz CT molecular complexity index is 669. The normalized spacial score (nSPS) is 27.0. The van der Waals surface area contributed by atoms with Gasteiger partial charge in [0.25, 0.3) is 0 Å². The number of thiazole rings is 1. The van der Waals surface area contributed by atoms with Crippen LogP contribution >= 0.6 is 27.3 Å². The van der Waals surface area contributed by atoms with E-state index < -0.39 is 5.60 Å². The van der Waals surface area contributed by atoms with E-state index >= 15 is 0 Å². The minimum Gasteiger partial charge on any atom is -0.384 e. The number of ether oxygens (including phenoxy) is 1. The van der Waals surface area contributed by atoms with Crippen molar-refractivity contribution in [1.29, 1.82) is 0 Å². The number of likely N-dealkylation sites (tertiary alicyclic amines) is 1. The Labute approximate surface area is 172 Å². The third-order valence-electron chi connectivity index (χ3n) is 6.41. The predicted molar refractivity (Wildman–Crippen MR) is 108 cm³/mol. The highest BCUT2D eigenvalue weighted by atomic mass is 79.9. The van der Waals surface area contributed by atoms with Gasteiger partial charge in [0, 0.05) is 19.6 Å². The predicted octanol–water partition coefficient (Wildman–Crippen LogP) is 3.78. The third-order valence-corrected chi connectivity index (χ3v) is 8.29. The molecule has 2 N–H and O–H groups in total. The van der Waals surface area contributed by atoms with Crippen LogP contribution in [0.4, 0.5) is 4.79 Å². The lowest BCUT2D eigenvalue weighted by Gasteiger charge is -2.37. The van der Waals surface area contributed by atoms with E-state index in [2.05, 4.69) is 26.2 Å². The van der Waals surface area contributed by atoms with Gasteiger partial charge in [-0.3, -0.25) is 0 Å². The van der Waals surface area contributed by atoms with Gasteiger partial charge in [0.05, 0.1) is 22.1 Å². The number of aromatic nitrogens is 1. The number of urea groups is 1. The molecule has 0 aromatic carbocycles. The lowest BCUT2D eigenvalue weighted by Crippen LogP contribution is -2.50. The first-order valence-corrected chi connectivity index (χ1v) is 11.7. The van der Waals surface area contributed by atoms with Crippen molar-refractivity contribution in [2.45, 2.75) is 75.1 Å². The van der Waals surface area contributed by atoms with Gasteiger partial charge >= 0.3 is 6.03 Å². The van der Waals surface area contributed by atoms with Crippen LogP contribution in [0.25, 0.3) is 0 Å². The van der Waals surface area contributed by atoms with Crippen molar-refractivity contribution in [3.63, 3.8) is 0 Å². The van der Waals surface area contributed by atoms with Crippen molar-refractivity contribution < 1.29 is 14.6 Å². The first-order valence-electron chi connectivity index (χ1n) is 10.0. The summed E-state index contributed by atoms with van der Waals surface area (Å²) in [5.74, 6) is 0. The van der Waals surface area contributed by atoms with Crippen molar-refractivity contribution in [3.05, 3.63) is 15.0 Å². The zero-order chi connectivity index (χ0) is 18.9. The van der Waals surface area contributed by atoms with Crippen LogP contribution in [0.3, 0.4) is 0 Å². The van der Waals surface area contributed by atoms with Crippen LogP contribution < -0.4 is 5.32 Å². The fraction of sp³-hybridized carbons (Fsp3) is 0.789. The average Bonchev–Trinajstić information content (AvgIpc) is 3.28. The summed E-state index contributed by atoms with van der Waals surface area (Å²) in [5, 5.41) is 14.0. The Kier molecular flexibility index (Phi) is 5.79. The molecule has 3 heterocycles. The minimum atomic E-state index is -0.890. The molecule has 1 unspecified atom stereocenters. The molecule has 4 rings (SSSR count). The molecule has 1 aromatic rings. The monoisotopic (exact) mass is 457 g/mol. The molecule has 1 spiro atoms. The number of piperidine rings is 1. The van der Waals surface area contributed by atoms with Crippen molar-refractivity contribution in [2.24, 2.45) is 0 Å². The molecular weight excluding hydrogens is 430 g/mol. The molecule has 3 fully saturated rings. The molecule has 0 radical (unpaired) electrons. The van der Waals surface area contributed by atoms with Crippen LogP contribution in [0.1, 0.15) is 62.7 Å². The number of hydrogen-bond acceptors (Lipinski definition) is 5. The van der Waals surface area contributed by atoms with Crippen LogP contribution in [0.2, 0.25) is 0 Å². The topological polar surface area (TPSA) is 74.7 Å². The molecule has 2 saturated heterocycles. The number of carbonyl (C=O) groups excluding carboxylic acids is 1. The number of carbonyl (C=O) groups is 1. The van der Waals surface area contributed by atoms with Crippen molar-refractivity contribution >= 4 is 33.3 Å². The maximum Gasteiger partial charge on any atom is 0.317 e. The van der Waals surface area contributed by atoms with Gasteiger partial charge in [-0.25, -0.2) is 9.78 Å². The van der Waals surface area contributed by atoms with Gasteiger partial charge in [-0.1, -0.05) is 19.3 Å². The zero-order valence-corrected chi connectivity index (χ0v) is 18.0. The first-order chi connectivity index (χ1) is 13.0. The highest BCUT2D eigenvalue weighted by Crippen LogP contribution is 2.42. The molecule has 8 heteroatoms. The molecule has 1 aromatic heterocycles. The first kappa shape index (κ1) is 19.6. The molecule has 6 nitrogen and oxygen atoms in total. The smallest absolute Gasteiger partial charge is 0.317 e. The summed E-state index contributed by atoms with van der Waals surface area (Å²) < 4.78 is 7.05. The Balaban J connectivity index is 1.24. The number of halogens is 1. The van der Waals surface area contributed by atoms with E-state index in [9.17, 15) is 9.90 Å². The highest BCUT2D eigenvalue weighted by Gasteiger charge is 2.41. The van der Waals surface area contributed by atoms with E-state index in [1.807, 2.05) is 0 Å². The summed E-state index contributed by atoms with van der Waals surface area (Å²) in [7, 11) is 0. The number of rotatable bonds is 3. The van der Waals surface area contributed by atoms with Crippen LogP contribution in [0, 0.1) is 0 Å². The Hall–Kier alpha value is -0.700. The average molecular weight is 458 g/mol. The lowest BCUT2D eigenvalue weighted by atomic mass is 9.83. The van der Waals surface area contributed by atoms with Gasteiger partial charge in [0.1, 0.15) is 10.2 Å². The molecule has 0 bridgehead atoms. The number of nitrogens with zero attached hydrogens (tertiary/aromatic N) is 2. The highest BCUT2D eigenvalue weighted by molar-refractivity contribution is 9.10. The van der Waals surface area contributed by atoms with Crippen molar-refractivity contribution in [3.8, 4) is 0 Å². The molecular formula is C19H28BrN3O3S. The molecule has 1 atom stereocenters. The van der Waals surface area contributed by atoms with Crippen molar-refractivity contribution in [2.75, 3.05) is 19.6 Å². The number of nitrogens with one attached hydrogen (secondary N) is 1. The Morgan fingerprint density at radius 1 is 1.30 bits per heavy atom. The summed E-state index contributed by atoms with van der Waals surface area (Å²) in [6.07, 6.45) is 9.59. The fourth-order valence-corrected chi connectivity index (χ4v) is 6.48. The molecule has 3 aliphatic rings. The summed E-state index contributed by atoms with van der Waals surface area (Å²) >= 11 is 4.86. The fourth-order valence-electron chi connectivity index (χ4n) is 4.76. The minimum absolute atomic E-state index is 0.0476. The van der Waals surface area contributed by atoms with Crippen LogP contribution in [0.15, 0.2) is 10.1 Å². The van der Waals surface area contributed by atoms with Crippen LogP contribution in [-0.2, 0) is 10.3 Å². The summed E-state index contributed by atoms with van der Waals surface area (Å²) in [6, 6.07) is -0.0476. The van der Waals surface area contributed by atoms with Gasteiger partial charge in [0.2, 0.25) is 0 Å². The van der Waals surface area contributed by atoms with Gasteiger partial charge in [-0.2, -0.15) is 0 Å². The quantitative estimate of drug-likeness (QED) is 0.723. The SMILES string of the molecule is O=C(NCC1CCC2(CCCCC2)O1)N1CCC(O)(c2scnc2Br)CC1. The van der Waals surface area contributed by atoms with E-state index in [0.717, 1.165) is 17.7 Å². The standard InChI is InChI=1S/C19H28BrN3O3S/c20-16-15(27-13-22-16)19(25)8-10-23(11-9-19)17(24)21-12-14-4-7-18(26-14)5-2-1-3-6-18/h13-14,25H,1-12H2,(H,21,24). The Morgan fingerprint density at radius 3 is 2.70 bits per heavy atom. The second-order valence-corrected chi connectivity index (χ2v) is 9.81. The zero-order valence-electron chi connectivity index (χ0n) is 15.6. The molecule has 2 amide bonds. The van der Waals surface area contributed by atoms with E-state index in [0.29, 0.717) is 37.1 Å². The molecule has 1 aliphatic carbocycles. The van der Waals surface area contributed by atoms with Gasteiger partial charge in [-0.15, -0.1) is 11.3 Å². The lowest BCUT2D eigenvalue weighted by molar-refractivity contribution is -0.0621. The van der Waals surface area contributed by atoms with Crippen LogP contribution in [-0.4, -0.2) is 52.4 Å². The van der Waals surface area contributed by atoms with E-state index in [1.54, 1.807) is 10.4 Å². The second-order valence-electron chi connectivity index (χ2n) is 8.20. The number of hydrogen-bond donors (Lipinski definition) is 2. The molecule has 1 saturated carbocycles. The second kappa shape index (κ2) is 7.97.